The van der Waals surface area contributed by atoms with Gasteiger partial charge in [0.05, 0.1) is 10.6 Å². The van der Waals surface area contributed by atoms with Crippen molar-refractivity contribution in [3.8, 4) is 0 Å². The summed E-state index contributed by atoms with van der Waals surface area (Å²) in [5.41, 5.74) is 1.97. The Hall–Kier alpha value is -3.91. The molecule has 164 valence electrons. The van der Waals surface area contributed by atoms with E-state index in [0.717, 1.165) is 0 Å². The van der Waals surface area contributed by atoms with Gasteiger partial charge in [-0.2, -0.15) is 0 Å². The maximum Gasteiger partial charge on any atom is 0.319 e. The van der Waals surface area contributed by atoms with E-state index in [1.165, 1.54) is 0 Å². The zero-order chi connectivity index (χ0) is 23.0. The van der Waals surface area contributed by atoms with E-state index in [4.69, 9.17) is 0 Å². The number of hydrogen-bond donors (Lipinski definition) is 3. The smallest absolute Gasteiger partial charge is 0.319 e. The second-order valence-corrected chi connectivity index (χ2v) is 8.92. The lowest BCUT2D eigenvalue weighted by Crippen LogP contribution is -2.28. The van der Waals surface area contributed by atoms with Crippen LogP contribution in [0.4, 0.5) is 16.2 Å². The van der Waals surface area contributed by atoms with Crippen LogP contribution in [0.2, 0.25) is 0 Å². The molecule has 0 unspecified atom stereocenters. The highest BCUT2D eigenvalue weighted by Gasteiger charge is 2.16. The predicted octanol–water partition coefficient (Wildman–Crippen LogP) is 4.22. The van der Waals surface area contributed by atoms with E-state index in [-0.39, 0.29) is 22.6 Å². The van der Waals surface area contributed by atoms with Crippen molar-refractivity contribution < 1.29 is 18.0 Å². The largest absolute Gasteiger partial charge is 0.334 e. The lowest BCUT2D eigenvalue weighted by Gasteiger charge is -2.10. The van der Waals surface area contributed by atoms with Crippen LogP contribution in [0, 0.1) is 0 Å². The number of rotatable bonds is 8. The van der Waals surface area contributed by atoms with Gasteiger partial charge in [0.2, 0.25) is 0 Å². The molecular weight excluding hydrogens is 426 g/mol. The van der Waals surface area contributed by atoms with Crippen molar-refractivity contribution in [1.29, 1.82) is 0 Å². The first kappa shape index (κ1) is 22.8. The molecule has 32 heavy (non-hydrogen) atoms. The fourth-order valence-corrected chi connectivity index (χ4v) is 4.27. The van der Waals surface area contributed by atoms with Gasteiger partial charge in [0.15, 0.2) is 9.84 Å². The van der Waals surface area contributed by atoms with Gasteiger partial charge in [0.1, 0.15) is 0 Å². The normalized spacial score (nSPS) is 10.8. The van der Waals surface area contributed by atoms with E-state index in [1.807, 2.05) is 0 Å². The van der Waals surface area contributed by atoms with Gasteiger partial charge >= 0.3 is 6.03 Å². The Labute approximate surface area is 187 Å². The van der Waals surface area contributed by atoms with E-state index in [0.29, 0.717) is 29.0 Å². The third-order valence-electron chi connectivity index (χ3n) is 4.46. The summed E-state index contributed by atoms with van der Waals surface area (Å²) in [7, 11) is -3.51. The van der Waals surface area contributed by atoms with Crippen molar-refractivity contribution >= 4 is 33.2 Å². The second-order valence-electron chi connectivity index (χ2n) is 6.93. The summed E-state index contributed by atoms with van der Waals surface area (Å²) in [5.74, 6) is -0.569. The van der Waals surface area contributed by atoms with Gasteiger partial charge in [-0.15, -0.1) is 6.58 Å². The first-order valence-electron chi connectivity index (χ1n) is 9.81. The Bertz CT molecular complexity index is 1210. The number of nitrogens with one attached hydrogen (secondary N) is 3. The Balaban J connectivity index is 1.65. The molecule has 0 atom stereocenters. The number of urea groups is 1. The molecule has 3 aromatic carbocycles. The molecule has 0 fully saturated rings. The van der Waals surface area contributed by atoms with Crippen LogP contribution in [0.25, 0.3) is 0 Å². The quantitative estimate of drug-likeness (QED) is 0.448. The summed E-state index contributed by atoms with van der Waals surface area (Å²) in [6.07, 6.45) is 1.57. The minimum atomic E-state index is -3.51. The lowest BCUT2D eigenvalue weighted by molar-refractivity contribution is 0.102. The number of anilines is 2. The van der Waals surface area contributed by atoms with Gasteiger partial charge in [0, 0.05) is 23.5 Å². The maximum atomic E-state index is 12.6. The Morgan fingerprint density at radius 1 is 0.844 bits per heavy atom. The summed E-state index contributed by atoms with van der Waals surface area (Å²) in [6, 6.07) is 21.0. The standard InChI is InChI=1S/C24H23N3O4S/c1-2-15-25-24(29)27-21-13-11-20(12-14-21)26-23(28)19-8-6-7-18(16-19)17-32(30,31)22-9-4-3-5-10-22/h2-14,16H,1,15,17H2,(H,26,28)(H2,25,27,29). The first-order valence-corrected chi connectivity index (χ1v) is 11.5. The molecule has 7 nitrogen and oxygen atoms in total. The molecule has 0 aliphatic heterocycles. The molecule has 0 saturated heterocycles. The molecule has 0 aliphatic carbocycles. The van der Waals surface area contributed by atoms with Crippen molar-refractivity contribution in [3.05, 3.63) is 103 Å². The van der Waals surface area contributed by atoms with Gasteiger partial charge in [0.25, 0.3) is 5.91 Å². The van der Waals surface area contributed by atoms with Gasteiger partial charge in [-0.25, -0.2) is 13.2 Å². The van der Waals surface area contributed by atoms with E-state index >= 15 is 0 Å². The molecule has 3 rings (SSSR count). The van der Waals surface area contributed by atoms with Crippen LogP contribution in [0.15, 0.2) is 96.4 Å². The summed E-state index contributed by atoms with van der Waals surface area (Å²) in [5, 5.41) is 8.03. The van der Waals surface area contributed by atoms with Crippen LogP contribution in [-0.2, 0) is 15.6 Å². The minimum absolute atomic E-state index is 0.202. The van der Waals surface area contributed by atoms with Crippen LogP contribution >= 0.6 is 0 Å². The molecule has 3 N–H and O–H groups in total. The number of amides is 3. The molecule has 0 radical (unpaired) electrons. The average Bonchev–Trinajstić information content (AvgIpc) is 2.79. The Morgan fingerprint density at radius 3 is 2.16 bits per heavy atom. The van der Waals surface area contributed by atoms with Crippen molar-refractivity contribution in [2.75, 3.05) is 17.2 Å². The van der Waals surface area contributed by atoms with Gasteiger partial charge in [-0.05, 0) is 54.1 Å². The molecule has 0 spiro atoms. The van der Waals surface area contributed by atoms with Gasteiger partial charge in [-0.1, -0.05) is 36.4 Å². The maximum absolute atomic E-state index is 12.6. The molecule has 8 heteroatoms. The van der Waals surface area contributed by atoms with Crippen molar-refractivity contribution in [3.63, 3.8) is 0 Å². The first-order chi connectivity index (χ1) is 15.4. The summed E-state index contributed by atoms with van der Waals surface area (Å²) in [6.45, 7) is 3.88. The number of sulfone groups is 1. The molecule has 3 amide bonds. The highest BCUT2D eigenvalue weighted by atomic mass is 32.2. The van der Waals surface area contributed by atoms with Crippen LogP contribution in [-0.4, -0.2) is 26.9 Å². The van der Waals surface area contributed by atoms with Crippen molar-refractivity contribution in [1.82, 2.24) is 5.32 Å². The number of carbonyl (C=O) groups is 2. The Morgan fingerprint density at radius 2 is 1.50 bits per heavy atom. The summed E-state index contributed by atoms with van der Waals surface area (Å²) in [4.78, 5) is 24.5. The minimum Gasteiger partial charge on any atom is -0.334 e. The highest BCUT2D eigenvalue weighted by molar-refractivity contribution is 7.90. The molecular formula is C24H23N3O4S. The van der Waals surface area contributed by atoms with Gasteiger partial charge in [-0.3, -0.25) is 4.79 Å². The predicted molar refractivity (Wildman–Crippen MR) is 125 cm³/mol. The molecule has 0 aliphatic rings. The second kappa shape index (κ2) is 10.4. The highest BCUT2D eigenvalue weighted by Crippen LogP contribution is 2.18. The van der Waals surface area contributed by atoms with Crippen molar-refractivity contribution in [2.45, 2.75) is 10.6 Å². The average molecular weight is 450 g/mol. The Kier molecular flexibility index (Phi) is 7.41. The number of benzene rings is 3. The monoisotopic (exact) mass is 449 g/mol. The van der Waals surface area contributed by atoms with Crippen LogP contribution in [0.5, 0.6) is 0 Å². The van der Waals surface area contributed by atoms with Crippen LogP contribution < -0.4 is 16.0 Å². The topological polar surface area (TPSA) is 104 Å². The van der Waals surface area contributed by atoms with Crippen molar-refractivity contribution in [2.24, 2.45) is 0 Å². The zero-order valence-corrected chi connectivity index (χ0v) is 18.1. The third kappa shape index (κ3) is 6.29. The number of hydrogen-bond acceptors (Lipinski definition) is 4. The number of carbonyl (C=O) groups excluding carboxylic acids is 2. The van der Waals surface area contributed by atoms with E-state index in [9.17, 15) is 18.0 Å². The van der Waals surface area contributed by atoms with Gasteiger partial charge < -0.3 is 16.0 Å². The molecule has 3 aromatic rings. The fourth-order valence-electron chi connectivity index (χ4n) is 2.91. The molecule has 0 aromatic heterocycles. The molecule has 0 heterocycles. The SMILES string of the molecule is C=CCNC(=O)Nc1ccc(NC(=O)c2cccc(CS(=O)(=O)c3ccccc3)c2)cc1. The van der Waals surface area contributed by atoms with Crippen LogP contribution in [0.3, 0.4) is 0 Å². The summed E-state index contributed by atoms with van der Waals surface area (Å²) < 4.78 is 25.2. The van der Waals surface area contributed by atoms with E-state index in [1.54, 1.807) is 84.9 Å². The van der Waals surface area contributed by atoms with Crippen LogP contribution in [0.1, 0.15) is 15.9 Å². The van der Waals surface area contributed by atoms with E-state index in [2.05, 4.69) is 22.5 Å². The van der Waals surface area contributed by atoms with E-state index < -0.39 is 9.84 Å². The lowest BCUT2D eigenvalue weighted by atomic mass is 10.1. The third-order valence-corrected chi connectivity index (χ3v) is 6.16. The fraction of sp³-hybridized carbons (Fsp3) is 0.0833. The summed E-state index contributed by atoms with van der Waals surface area (Å²) >= 11 is 0. The molecule has 0 saturated carbocycles. The zero-order valence-electron chi connectivity index (χ0n) is 17.2. The molecule has 0 bridgehead atoms.